The molecule has 0 saturated heterocycles. The standard InChI is InChI=1S/C31H38N4OS/c1-35(23-26-17-9-4-10-18-26)30(36)29(21-24-13-5-2-6-14-24)34-31(37)33-28-20-12-11-19-27(28)32-22-25-15-7-3-8-16-25/h2-10,13-18,27-29,32H,11-12,19-23H2,1H3,(H2,33,34,37)/t27-,28-,29-/m0/s1. The first-order chi connectivity index (χ1) is 18.1. The molecule has 0 aromatic heterocycles. The predicted octanol–water partition coefficient (Wildman–Crippen LogP) is 4.82. The number of nitrogens with zero attached hydrogens (tertiary/aromatic N) is 1. The van der Waals surface area contributed by atoms with Gasteiger partial charge in [-0.15, -0.1) is 0 Å². The second-order valence-electron chi connectivity index (χ2n) is 9.90. The van der Waals surface area contributed by atoms with Gasteiger partial charge < -0.3 is 20.9 Å². The normalized spacial score (nSPS) is 18.0. The summed E-state index contributed by atoms with van der Waals surface area (Å²) in [6.45, 7) is 1.39. The molecule has 1 aliphatic carbocycles. The van der Waals surface area contributed by atoms with Gasteiger partial charge in [0.1, 0.15) is 6.04 Å². The summed E-state index contributed by atoms with van der Waals surface area (Å²) in [5, 5.41) is 11.2. The van der Waals surface area contributed by atoms with Crippen molar-refractivity contribution < 1.29 is 4.79 Å². The van der Waals surface area contributed by atoms with Crippen LogP contribution in [0.2, 0.25) is 0 Å². The summed E-state index contributed by atoms with van der Waals surface area (Å²) in [6, 6.07) is 30.8. The van der Waals surface area contributed by atoms with Crippen molar-refractivity contribution in [2.75, 3.05) is 7.05 Å². The number of amides is 1. The second kappa shape index (κ2) is 13.9. The first kappa shape index (κ1) is 26.8. The van der Waals surface area contributed by atoms with E-state index >= 15 is 0 Å². The third kappa shape index (κ3) is 8.41. The van der Waals surface area contributed by atoms with E-state index in [-0.39, 0.29) is 11.9 Å². The number of thiocarbonyl (C=S) groups is 1. The molecule has 0 spiro atoms. The Hall–Kier alpha value is -3.22. The van der Waals surface area contributed by atoms with E-state index < -0.39 is 6.04 Å². The molecule has 194 valence electrons. The molecule has 3 N–H and O–H groups in total. The summed E-state index contributed by atoms with van der Waals surface area (Å²) >= 11 is 5.77. The highest BCUT2D eigenvalue weighted by Gasteiger charge is 2.28. The average Bonchev–Trinajstić information content (AvgIpc) is 2.93. The first-order valence-corrected chi connectivity index (χ1v) is 13.7. The highest BCUT2D eigenvalue weighted by Crippen LogP contribution is 2.19. The van der Waals surface area contributed by atoms with Crippen LogP contribution < -0.4 is 16.0 Å². The molecule has 3 aromatic carbocycles. The molecule has 0 unspecified atom stereocenters. The quantitative estimate of drug-likeness (QED) is 0.339. The lowest BCUT2D eigenvalue weighted by molar-refractivity contribution is -0.132. The van der Waals surface area contributed by atoms with Crippen molar-refractivity contribution in [2.45, 2.75) is 63.3 Å². The van der Waals surface area contributed by atoms with E-state index in [0.717, 1.165) is 30.5 Å². The second-order valence-corrected chi connectivity index (χ2v) is 10.3. The summed E-state index contributed by atoms with van der Waals surface area (Å²) in [5.74, 6) is 0.0271. The van der Waals surface area contributed by atoms with Gasteiger partial charge in [-0.05, 0) is 41.7 Å². The van der Waals surface area contributed by atoms with Crippen LogP contribution in [0.3, 0.4) is 0 Å². The van der Waals surface area contributed by atoms with Gasteiger partial charge in [0.25, 0.3) is 0 Å². The Balaban J connectivity index is 1.39. The Morgan fingerprint density at radius 1 is 0.838 bits per heavy atom. The van der Waals surface area contributed by atoms with Crippen LogP contribution in [0.15, 0.2) is 91.0 Å². The smallest absolute Gasteiger partial charge is 0.245 e. The van der Waals surface area contributed by atoms with E-state index in [4.69, 9.17) is 12.2 Å². The van der Waals surface area contributed by atoms with Crippen molar-refractivity contribution in [3.8, 4) is 0 Å². The number of rotatable bonds is 10. The SMILES string of the molecule is CN(Cc1ccccc1)C(=O)[C@H](Cc1ccccc1)NC(=S)N[C@H]1CCCC[C@@H]1NCc1ccccc1. The van der Waals surface area contributed by atoms with Gasteiger partial charge in [-0.25, -0.2) is 0 Å². The topological polar surface area (TPSA) is 56.4 Å². The number of carbonyl (C=O) groups is 1. The van der Waals surface area contributed by atoms with Gasteiger partial charge >= 0.3 is 0 Å². The summed E-state index contributed by atoms with van der Waals surface area (Å²) in [7, 11) is 1.86. The fourth-order valence-corrected chi connectivity index (χ4v) is 5.31. The number of benzene rings is 3. The predicted molar refractivity (Wildman–Crippen MR) is 155 cm³/mol. The average molecular weight is 515 g/mol. The van der Waals surface area contributed by atoms with Gasteiger partial charge in [-0.2, -0.15) is 0 Å². The third-order valence-corrected chi connectivity index (χ3v) is 7.25. The molecule has 1 amide bonds. The maximum Gasteiger partial charge on any atom is 0.245 e. The molecule has 0 heterocycles. The fraction of sp³-hybridized carbons (Fsp3) is 0.355. The highest BCUT2D eigenvalue weighted by molar-refractivity contribution is 7.80. The Morgan fingerprint density at radius 3 is 2.00 bits per heavy atom. The van der Waals surface area contributed by atoms with Crippen LogP contribution >= 0.6 is 12.2 Å². The zero-order chi connectivity index (χ0) is 25.9. The lowest BCUT2D eigenvalue weighted by atomic mass is 9.90. The third-order valence-electron chi connectivity index (χ3n) is 7.02. The van der Waals surface area contributed by atoms with Gasteiger partial charge in [-0.1, -0.05) is 104 Å². The molecule has 3 atom stereocenters. The minimum absolute atomic E-state index is 0.0271. The van der Waals surface area contributed by atoms with Crippen LogP contribution in [0.25, 0.3) is 0 Å². The zero-order valence-corrected chi connectivity index (χ0v) is 22.4. The van der Waals surface area contributed by atoms with Crippen molar-refractivity contribution in [3.05, 3.63) is 108 Å². The number of likely N-dealkylation sites (N-methyl/N-ethyl adjacent to an activating group) is 1. The maximum absolute atomic E-state index is 13.6. The van der Waals surface area contributed by atoms with E-state index in [2.05, 4.69) is 52.3 Å². The van der Waals surface area contributed by atoms with E-state index in [1.807, 2.05) is 61.6 Å². The van der Waals surface area contributed by atoms with Crippen molar-refractivity contribution in [1.82, 2.24) is 20.9 Å². The van der Waals surface area contributed by atoms with Crippen molar-refractivity contribution in [3.63, 3.8) is 0 Å². The lowest BCUT2D eigenvalue weighted by Crippen LogP contribution is -2.57. The van der Waals surface area contributed by atoms with Gasteiger partial charge in [0.05, 0.1) is 0 Å². The maximum atomic E-state index is 13.6. The molecule has 4 rings (SSSR count). The molecule has 1 aliphatic rings. The minimum atomic E-state index is -0.449. The Morgan fingerprint density at radius 2 is 1.38 bits per heavy atom. The highest BCUT2D eigenvalue weighted by atomic mass is 32.1. The van der Waals surface area contributed by atoms with Crippen LogP contribution in [-0.4, -0.2) is 41.1 Å². The van der Waals surface area contributed by atoms with Gasteiger partial charge in [0.2, 0.25) is 5.91 Å². The number of carbonyl (C=O) groups excluding carboxylic acids is 1. The molecule has 6 heteroatoms. The Kier molecular flexibility index (Phi) is 10.1. The molecule has 0 aliphatic heterocycles. The van der Waals surface area contributed by atoms with Crippen molar-refractivity contribution >= 4 is 23.2 Å². The zero-order valence-electron chi connectivity index (χ0n) is 21.6. The molecular weight excluding hydrogens is 476 g/mol. The largest absolute Gasteiger partial charge is 0.358 e. The van der Waals surface area contributed by atoms with Crippen molar-refractivity contribution in [2.24, 2.45) is 0 Å². The van der Waals surface area contributed by atoms with E-state index in [0.29, 0.717) is 24.1 Å². The van der Waals surface area contributed by atoms with Crippen LogP contribution in [0.5, 0.6) is 0 Å². The van der Waals surface area contributed by atoms with Crippen LogP contribution in [0.4, 0.5) is 0 Å². The van der Waals surface area contributed by atoms with Gasteiger partial charge in [-0.3, -0.25) is 4.79 Å². The van der Waals surface area contributed by atoms with Crippen molar-refractivity contribution in [1.29, 1.82) is 0 Å². The molecule has 1 fully saturated rings. The fourth-order valence-electron chi connectivity index (χ4n) is 5.01. The number of hydrogen-bond acceptors (Lipinski definition) is 3. The van der Waals surface area contributed by atoms with Crippen LogP contribution in [0, 0.1) is 0 Å². The first-order valence-electron chi connectivity index (χ1n) is 13.3. The lowest BCUT2D eigenvalue weighted by Gasteiger charge is -2.35. The summed E-state index contributed by atoms with van der Waals surface area (Å²) in [4.78, 5) is 15.3. The van der Waals surface area contributed by atoms with Crippen LogP contribution in [-0.2, 0) is 24.3 Å². The molecule has 3 aromatic rings. The Labute approximate surface area is 226 Å². The molecule has 5 nitrogen and oxygen atoms in total. The van der Waals surface area contributed by atoms with E-state index in [9.17, 15) is 4.79 Å². The van der Waals surface area contributed by atoms with E-state index in [1.165, 1.54) is 18.4 Å². The molecule has 1 saturated carbocycles. The molecule has 0 bridgehead atoms. The summed E-state index contributed by atoms with van der Waals surface area (Å²) < 4.78 is 0. The molecule has 0 radical (unpaired) electrons. The minimum Gasteiger partial charge on any atom is -0.358 e. The number of hydrogen-bond donors (Lipinski definition) is 3. The van der Waals surface area contributed by atoms with E-state index in [1.54, 1.807) is 4.90 Å². The molecule has 37 heavy (non-hydrogen) atoms. The summed E-state index contributed by atoms with van der Waals surface area (Å²) in [5.41, 5.74) is 3.49. The monoisotopic (exact) mass is 514 g/mol. The van der Waals surface area contributed by atoms with Gasteiger partial charge in [0, 0.05) is 38.6 Å². The van der Waals surface area contributed by atoms with Crippen LogP contribution in [0.1, 0.15) is 42.4 Å². The molecular formula is C31H38N4OS. The number of nitrogens with one attached hydrogen (secondary N) is 3. The Bertz CT molecular complexity index is 1110. The van der Waals surface area contributed by atoms with Gasteiger partial charge in [0.15, 0.2) is 5.11 Å². The summed E-state index contributed by atoms with van der Waals surface area (Å²) in [6.07, 6.45) is 5.12.